The third-order valence-electron chi connectivity index (χ3n) is 6.55. The van der Waals surface area contributed by atoms with Crippen LogP contribution in [0.2, 0.25) is 0 Å². The van der Waals surface area contributed by atoms with Gasteiger partial charge in [0.05, 0.1) is 6.04 Å². The second-order valence-corrected chi connectivity index (χ2v) is 10.1. The summed E-state index contributed by atoms with van der Waals surface area (Å²) in [6.45, 7) is 5.08. The van der Waals surface area contributed by atoms with Gasteiger partial charge in [0.1, 0.15) is 30.5 Å². The Morgan fingerprint density at radius 2 is 1.92 bits per heavy atom. The highest BCUT2D eigenvalue weighted by atomic mass is 32.1. The minimum Gasteiger partial charge on any atom is -0.491 e. The summed E-state index contributed by atoms with van der Waals surface area (Å²) < 4.78 is 32.9. The quantitative estimate of drug-likeness (QED) is 0.369. The third kappa shape index (κ3) is 6.10. The first kappa shape index (κ1) is 25.8. The van der Waals surface area contributed by atoms with Gasteiger partial charge in [0.2, 0.25) is 5.91 Å². The van der Waals surface area contributed by atoms with Crippen LogP contribution in [0.5, 0.6) is 5.75 Å². The Hall–Kier alpha value is -3.26. The maximum atomic E-state index is 13.6. The summed E-state index contributed by atoms with van der Waals surface area (Å²) in [4.78, 5) is 31.4. The zero-order valence-corrected chi connectivity index (χ0v) is 21.3. The first-order chi connectivity index (χ1) is 17.4. The molecule has 5 nitrogen and oxygen atoms in total. The number of amides is 2. The van der Waals surface area contributed by atoms with Gasteiger partial charge < -0.3 is 14.5 Å². The van der Waals surface area contributed by atoms with Crippen molar-refractivity contribution in [3.05, 3.63) is 87.6 Å². The number of thiophene rings is 1. The number of halogens is 2. The van der Waals surface area contributed by atoms with E-state index in [1.54, 1.807) is 33.3 Å². The Kier molecular flexibility index (Phi) is 8.36. The molecule has 0 saturated heterocycles. The number of hydrogen-bond acceptors (Lipinski definition) is 4. The van der Waals surface area contributed by atoms with Crippen molar-refractivity contribution in [3.8, 4) is 5.75 Å². The topological polar surface area (TPSA) is 49.9 Å². The molecule has 0 saturated carbocycles. The smallest absolute Gasteiger partial charge is 0.254 e. The van der Waals surface area contributed by atoms with E-state index in [9.17, 15) is 18.4 Å². The first-order valence-corrected chi connectivity index (χ1v) is 13.0. The van der Waals surface area contributed by atoms with Crippen molar-refractivity contribution in [3.63, 3.8) is 0 Å². The number of hydrogen-bond donors (Lipinski definition) is 0. The Morgan fingerprint density at radius 1 is 1.14 bits per heavy atom. The van der Waals surface area contributed by atoms with Crippen LogP contribution >= 0.6 is 11.3 Å². The SMILES string of the molecule is CC[C@H](C)CN(CC(=O)N1CCc2sccc2[C@H]1COc1cccc(F)c1)C(=O)c1ccc(F)cc1. The molecule has 0 fully saturated rings. The second kappa shape index (κ2) is 11.6. The molecule has 8 heteroatoms. The van der Waals surface area contributed by atoms with Gasteiger partial charge in [-0.2, -0.15) is 0 Å². The number of carbonyl (C=O) groups is 2. The summed E-state index contributed by atoms with van der Waals surface area (Å²) in [6.07, 6.45) is 1.58. The van der Waals surface area contributed by atoms with E-state index < -0.39 is 5.82 Å². The molecule has 1 aliphatic heterocycles. The number of rotatable bonds is 9. The average Bonchev–Trinajstić information content (AvgIpc) is 3.36. The van der Waals surface area contributed by atoms with E-state index in [2.05, 4.69) is 0 Å². The molecule has 0 N–H and O–H groups in total. The summed E-state index contributed by atoms with van der Waals surface area (Å²) in [7, 11) is 0. The van der Waals surface area contributed by atoms with Crippen molar-refractivity contribution < 1.29 is 23.1 Å². The fourth-order valence-corrected chi connectivity index (χ4v) is 5.29. The highest BCUT2D eigenvalue weighted by Crippen LogP contribution is 2.34. The van der Waals surface area contributed by atoms with E-state index >= 15 is 0 Å². The summed E-state index contributed by atoms with van der Waals surface area (Å²) in [5.74, 6) is -0.700. The van der Waals surface area contributed by atoms with E-state index in [0.717, 1.165) is 18.4 Å². The molecule has 190 valence electrons. The lowest BCUT2D eigenvalue weighted by Crippen LogP contribution is -2.48. The number of nitrogens with zero attached hydrogens (tertiary/aromatic N) is 2. The van der Waals surface area contributed by atoms with Crippen LogP contribution in [0.15, 0.2) is 60.0 Å². The molecule has 0 unspecified atom stereocenters. The van der Waals surface area contributed by atoms with E-state index in [1.807, 2.05) is 25.3 Å². The Morgan fingerprint density at radius 3 is 2.64 bits per heavy atom. The highest BCUT2D eigenvalue weighted by Gasteiger charge is 2.34. The van der Waals surface area contributed by atoms with E-state index in [0.29, 0.717) is 24.4 Å². The fourth-order valence-electron chi connectivity index (χ4n) is 4.36. The maximum absolute atomic E-state index is 13.6. The summed E-state index contributed by atoms with van der Waals surface area (Å²) in [5.41, 5.74) is 1.37. The van der Waals surface area contributed by atoms with Crippen LogP contribution in [0.3, 0.4) is 0 Å². The lowest BCUT2D eigenvalue weighted by atomic mass is 10.00. The normalized spacial score (nSPS) is 15.8. The molecule has 3 aromatic rings. The molecule has 0 spiro atoms. The van der Waals surface area contributed by atoms with Crippen LogP contribution in [0.1, 0.15) is 47.1 Å². The Balaban J connectivity index is 1.54. The molecule has 4 rings (SSSR count). The Bertz CT molecular complexity index is 1200. The van der Waals surface area contributed by atoms with Crippen molar-refractivity contribution >= 4 is 23.2 Å². The first-order valence-electron chi connectivity index (χ1n) is 12.1. The van der Waals surface area contributed by atoms with Crippen molar-refractivity contribution in [2.45, 2.75) is 32.7 Å². The number of benzene rings is 2. The molecule has 0 bridgehead atoms. The lowest BCUT2D eigenvalue weighted by molar-refractivity contribution is -0.135. The van der Waals surface area contributed by atoms with Gasteiger partial charge in [-0.25, -0.2) is 8.78 Å². The van der Waals surface area contributed by atoms with Gasteiger partial charge in [0.25, 0.3) is 5.91 Å². The van der Waals surface area contributed by atoms with Gasteiger partial charge in [0, 0.05) is 29.6 Å². The number of ether oxygens (including phenoxy) is 1. The zero-order chi connectivity index (χ0) is 25.7. The van der Waals surface area contributed by atoms with Crippen LogP contribution in [0.4, 0.5) is 8.78 Å². The van der Waals surface area contributed by atoms with Gasteiger partial charge >= 0.3 is 0 Å². The standard InChI is InChI=1S/C28H30F2N2O3S/c1-3-19(2)16-31(28(34)20-7-9-21(29)10-8-20)17-27(33)32-13-11-26-24(12-14-36-26)25(32)18-35-23-6-4-5-22(30)15-23/h4-10,12,14-15,19,25H,3,11,13,16-18H2,1-2H3/t19-,25+/m0/s1. The molecule has 1 aliphatic rings. The van der Waals surface area contributed by atoms with Crippen LogP contribution in [0.25, 0.3) is 0 Å². The van der Waals surface area contributed by atoms with Gasteiger partial charge in [-0.15, -0.1) is 11.3 Å². The molecule has 2 heterocycles. The van der Waals surface area contributed by atoms with E-state index in [1.165, 1.54) is 41.3 Å². The van der Waals surface area contributed by atoms with Crippen molar-refractivity contribution in [2.24, 2.45) is 5.92 Å². The van der Waals surface area contributed by atoms with Crippen molar-refractivity contribution in [1.29, 1.82) is 0 Å². The molecule has 36 heavy (non-hydrogen) atoms. The predicted octanol–water partition coefficient (Wildman–Crippen LogP) is 5.72. The lowest BCUT2D eigenvalue weighted by Gasteiger charge is -2.37. The minimum atomic E-state index is -0.419. The highest BCUT2D eigenvalue weighted by molar-refractivity contribution is 7.10. The fraction of sp³-hybridized carbons (Fsp3) is 0.357. The van der Waals surface area contributed by atoms with Crippen LogP contribution in [-0.4, -0.2) is 47.9 Å². The van der Waals surface area contributed by atoms with E-state index in [-0.39, 0.29) is 42.7 Å². The minimum absolute atomic E-state index is 0.0868. The second-order valence-electron chi connectivity index (χ2n) is 9.13. The van der Waals surface area contributed by atoms with Crippen molar-refractivity contribution in [2.75, 3.05) is 26.2 Å². The molecular formula is C28H30F2N2O3S. The van der Waals surface area contributed by atoms with Crippen molar-refractivity contribution in [1.82, 2.24) is 9.80 Å². The van der Waals surface area contributed by atoms with Gasteiger partial charge in [0.15, 0.2) is 0 Å². The molecule has 0 aliphatic carbocycles. The molecule has 0 radical (unpaired) electrons. The van der Waals surface area contributed by atoms with Gasteiger partial charge in [-0.3, -0.25) is 9.59 Å². The largest absolute Gasteiger partial charge is 0.491 e. The average molecular weight is 513 g/mol. The monoisotopic (exact) mass is 512 g/mol. The predicted molar refractivity (Wildman–Crippen MR) is 136 cm³/mol. The Labute approximate surface area is 214 Å². The number of carbonyl (C=O) groups excluding carboxylic acids is 2. The summed E-state index contributed by atoms with van der Waals surface area (Å²) in [5, 5.41) is 2.00. The number of fused-ring (bicyclic) bond motifs is 1. The van der Waals surface area contributed by atoms with Crippen LogP contribution < -0.4 is 4.74 Å². The molecular weight excluding hydrogens is 482 g/mol. The molecule has 2 amide bonds. The summed E-state index contributed by atoms with van der Waals surface area (Å²) >= 11 is 1.65. The molecule has 1 aromatic heterocycles. The van der Waals surface area contributed by atoms with Crippen LogP contribution in [-0.2, 0) is 11.2 Å². The zero-order valence-electron chi connectivity index (χ0n) is 20.5. The molecule has 2 atom stereocenters. The van der Waals surface area contributed by atoms with Gasteiger partial charge in [-0.05, 0) is 65.7 Å². The molecule has 2 aromatic carbocycles. The maximum Gasteiger partial charge on any atom is 0.254 e. The third-order valence-corrected chi connectivity index (χ3v) is 7.55. The van der Waals surface area contributed by atoms with Gasteiger partial charge in [-0.1, -0.05) is 26.3 Å². The summed E-state index contributed by atoms with van der Waals surface area (Å²) in [6, 6.07) is 13.0. The van der Waals surface area contributed by atoms with Crippen LogP contribution in [0, 0.1) is 17.6 Å². The van der Waals surface area contributed by atoms with E-state index in [4.69, 9.17) is 4.74 Å².